The highest BCUT2D eigenvalue weighted by atomic mass is 29.8. The predicted molar refractivity (Wildman–Crippen MR) is 153 cm³/mol. The van der Waals surface area contributed by atoms with E-state index < -0.39 is 30.8 Å². The zero-order chi connectivity index (χ0) is 25.2. The van der Waals surface area contributed by atoms with E-state index in [1.807, 2.05) is 0 Å². The van der Waals surface area contributed by atoms with E-state index in [1.165, 1.54) is 0 Å². The van der Waals surface area contributed by atoms with E-state index in [0.29, 0.717) is 30.2 Å². The van der Waals surface area contributed by atoms with Crippen LogP contribution in [-0.4, -0.2) is 30.8 Å². The largest absolute Gasteiger partial charge is 0.0754 e. The summed E-state index contributed by atoms with van der Waals surface area (Å²) in [6.07, 6.45) is 0. The maximum atomic E-state index is 2.85. The summed E-state index contributed by atoms with van der Waals surface area (Å²) in [7, 11) is -4.54. The van der Waals surface area contributed by atoms with Gasteiger partial charge < -0.3 is 0 Å². The van der Waals surface area contributed by atoms with Crippen molar-refractivity contribution in [2.45, 2.75) is 168 Å². The minimum Gasteiger partial charge on any atom is -0.0754 e. The number of rotatable bonds is 3. The zero-order valence-electron chi connectivity index (χ0n) is 25.0. The first-order chi connectivity index (χ1) is 12.6. The lowest BCUT2D eigenvalue weighted by molar-refractivity contribution is 0.551. The van der Waals surface area contributed by atoms with Gasteiger partial charge >= 0.3 is 0 Å². The van der Waals surface area contributed by atoms with E-state index in [1.54, 1.807) is 0 Å². The van der Waals surface area contributed by atoms with Gasteiger partial charge in [0, 0.05) is 15.7 Å². The molecule has 0 saturated carbocycles. The van der Waals surface area contributed by atoms with Gasteiger partial charge in [0.15, 0.2) is 0 Å². The van der Waals surface area contributed by atoms with Crippen molar-refractivity contribution in [3.8, 4) is 0 Å². The Morgan fingerprint density at radius 2 is 0.400 bits per heavy atom. The van der Waals surface area contributed by atoms with Gasteiger partial charge in [-0.2, -0.15) is 0 Å². The Morgan fingerprint density at radius 3 is 0.467 bits per heavy atom. The lowest BCUT2D eigenvalue weighted by Crippen LogP contribution is -2.80. The lowest BCUT2D eigenvalue weighted by Gasteiger charge is -2.69. The van der Waals surface area contributed by atoms with Gasteiger partial charge in [0.2, 0.25) is 0 Å². The van der Waals surface area contributed by atoms with Crippen molar-refractivity contribution in [3.05, 3.63) is 0 Å². The second-order valence-corrected chi connectivity index (χ2v) is 47.2. The first kappa shape index (κ1) is 30.9. The van der Waals surface area contributed by atoms with Crippen molar-refractivity contribution < 1.29 is 0 Å². The smallest absolute Gasteiger partial charge is 0.0574 e. The molecule has 180 valence electrons. The molecule has 0 amide bonds. The minimum atomic E-state index is -1.73. The SMILES string of the molecule is C[Si]([Si](C)[Si](C(C)(C)C)(C(C)(C)C)C(C)(C)C)[Si](C(C)(C)C)(C(C)(C)C)C(C)(C)C. The van der Waals surface area contributed by atoms with E-state index in [-0.39, 0.29) is 0 Å². The predicted octanol–water partition coefficient (Wildman–Crippen LogP) is 10.2. The molecule has 0 nitrogen and oxygen atoms in total. The molecule has 0 atom stereocenters. The van der Waals surface area contributed by atoms with Crippen molar-refractivity contribution in [1.29, 1.82) is 0 Å². The summed E-state index contributed by atoms with van der Waals surface area (Å²) in [5.41, 5.74) is 0. The van der Waals surface area contributed by atoms with E-state index in [9.17, 15) is 0 Å². The molecule has 0 unspecified atom stereocenters. The fourth-order valence-electron chi connectivity index (χ4n) is 10.7. The molecule has 0 aliphatic heterocycles. The lowest BCUT2D eigenvalue weighted by atomic mass is 10.2. The Bertz CT molecular complexity index is 451. The van der Waals surface area contributed by atoms with Gasteiger partial charge in [-0.1, -0.05) is 138 Å². The molecule has 4 heteroatoms. The van der Waals surface area contributed by atoms with Crippen molar-refractivity contribution in [1.82, 2.24) is 0 Å². The summed E-state index contributed by atoms with van der Waals surface area (Å²) < 4.78 is 0. The zero-order valence-corrected chi connectivity index (χ0v) is 29.0. The van der Waals surface area contributed by atoms with E-state index in [2.05, 4.69) is 138 Å². The summed E-state index contributed by atoms with van der Waals surface area (Å²) in [6.45, 7) is 52.8. The number of hydrogen-bond acceptors (Lipinski definition) is 0. The molecule has 0 spiro atoms. The minimum absolute atomic E-state index is 0.409. The Balaban J connectivity index is 7.55. The monoisotopic (exact) mass is 484 g/mol. The molecule has 2 radical (unpaired) electrons. The Morgan fingerprint density at radius 1 is 0.300 bits per heavy atom. The first-order valence-corrected chi connectivity index (χ1v) is 23.2. The van der Waals surface area contributed by atoms with Gasteiger partial charge in [0.1, 0.15) is 0 Å². The summed E-state index contributed by atoms with van der Waals surface area (Å²) in [5.74, 6) is 0. The fourth-order valence-corrected chi connectivity index (χ4v) is 96.2. The summed E-state index contributed by atoms with van der Waals surface area (Å²) in [5, 5.41) is 2.45. The van der Waals surface area contributed by atoms with Crippen LogP contribution < -0.4 is 0 Å². The molecule has 0 saturated heterocycles. The van der Waals surface area contributed by atoms with Crippen LogP contribution in [0, 0.1) is 0 Å². The van der Waals surface area contributed by atoms with Crippen LogP contribution in [0.15, 0.2) is 0 Å². The van der Waals surface area contributed by atoms with Crippen molar-refractivity contribution in [2.24, 2.45) is 0 Å². The van der Waals surface area contributed by atoms with E-state index in [0.717, 1.165) is 0 Å². The third-order valence-corrected chi connectivity index (χ3v) is 64.7. The van der Waals surface area contributed by atoms with Gasteiger partial charge in [0.25, 0.3) is 0 Å². The normalized spacial score (nSPS) is 16.6. The second kappa shape index (κ2) is 8.27. The molecule has 30 heavy (non-hydrogen) atoms. The van der Waals surface area contributed by atoms with Crippen LogP contribution in [0.4, 0.5) is 0 Å². The van der Waals surface area contributed by atoms with Crippen molar-refractivity contribution in [2.75, 3.05) is 0 Å². The quantitative estimate of drug-likeness (QED) is 0.349. The van der Waals surface area contributed by atoms with Crippen LogP contribution in [0.1, 0.15) is 125 Å². The molecule has 0 N–H and O–H groups in total. The average molecular weight is 485 g/mol. The highest BCUT2D eigenvalue weighted by molar-refractivity contribution is 7.73. The van der Waals surface area contributed by atoms with Crippen LogP contribution in [0.3, 0.4) is 0 Å². The molecular weight excluding hydrogens is 425 g/mol. The summed E-state index contributed by atoms with van der Waals surface area (Å²) >= 11 is 0. The maximum Gasteiger partial charge on any atom is 0.0574 e. The molecule has 0 aromatic heterocycles. The third-order valence-electron chi connectivity index (χ3n) is 8.44. The Labute approximate surface area is 198 Å². The Hall–Kier alpha value is 0.868. The summed E-state index contributed by atoms with van der Waals surface area (Å²) in [6, 6.07) is 0. The van der Waals surface area contributed by atoms with Crippen LogP contribution in [-0.2, 0) is 0 Å². The molecule has 0 aromatic rings. The standard InChI is InChI=1S/C26H60Si4/c1-21(2,3)29(22(4,5)6,23(7,8)9)27(19)28(20)30(24(10,11)12,25(13,14)15)26(16,17)18/h1-20H3. The second-order valence-electron chi connectivity index (χ2n) is 16.2. The Kier molecular flexibility index (Phi) is 8.51. The van der Waals surface area contributed by atoms with Crippen LogP contribution >= 0.6 is 0 Å². The van der Waals surface area contributed by atoms with Crippen LogP contribution in [0.25, 0.3) is 0 Å². The molecule has 0 aliphatic rings. The highest BCUT2D eigenvalue weighted by Gasteiger charge is 2.70. The molecule has 0 heterocycles. The van der Waals surface area contributed by atoms with Crippen molar-refractivity contribution >= 4 is 30.8 Å². The maximum absolute atomic E-state index is 2.85. The molecular formula is C26H60Si4. The van der Waals surface area contributed by atoms with Crippen LogP contribution in [0.5, 0.6) is 0 Å². The van der Waals surface area contributed by atoms with Gasteiger partial charge in [-0.05, 0) is 30.2 Å². The molecule has 0 aromatic carbocycles. The molecule has 0 rings (SSSR count). The van der Waals surface area contributed by atoms with Crippen molar-refractivity contribution in [3.63, 3.8) is 0 Å². The fraction of sp³-hybridized carbons (Fsp3) is 1.00. The topological polar surface area (TPSA) is 0 Å². The highest BCUT2D eigenvalue weighted by Crippen LogP contribution is 2.67. The number of hydrogen-bond donors (Lipinski definition) is 0. The van der Waals surface area contributed by atoms with E-state index >= 15 is 0 Å². The van der Waals surface area contributed by atoms with Gasteiger partial charge in [-0.25, -0.2) is 0 Å². The van der Waals surface area contributed by atoms with Crippen LogP contribution in [0.2, 0.25) is 43.3 Å². The first-order valence-electron chi connectivity index (χ1n) is 12.2. The molecule has 0 fully saturated rings. The average Bonchev–Trinajstić information content (AvgIpc) is 2.27. The van der Waals surface area contributed by atoms with Gasteiger partial charge in [-0.3, -0.25) is 0 Å². The molecule has 0 bridgehead atoms. The molecule has 0 aliphatic carbocycles. The van der Waals surface area contributed by atoms with Gasteiger partial charge in [0.05, 0.1) is 15.2 Å². The third kappa shape index (κ3) is 4.46. The van der Waals surface area contributed by atoms with Gasteiger partial charge in [-0.15, -0.1) is 0 Å². The van der Waals surface area contributed by atoms with E-state index in [4.69, 9.17) is 0 Å². The summed E-state index contributed by atoms with van der Waals surface area (Å²) in [4.78, 5) is 0.